The standard InChI is InChI=1S/C23H46O4/c1-17(16-22(8,9)12-14-24)18(20(2,3)4)19(25)27-23(10,11)13-15-26-21(5,6)7/h17-18,24H,12-16H2,1-11H3. The van der Waals surface area contributed by atoms with E-state index in [4.69, 9.17) is 9.47 Å². The fourth-order valence-corrected chi connectivity index (χ4v) is 3.82. The van der Waals surface area contributed by atoms with Crippen LogP contribution in [0.3, 0.4) is 0 Å². The fourth-order valence-electron chi connectivity index (χ4n) is 3.82. The van der Waals surface area contributed by atoms with Crippen LogP contribution in [0.5, 0.6) is 0 Å². The van der Waals surface area contributed by atoms with Gasteiger partial charge in [0.1, 0.15) is 5.60 Å². The predicted molar refractivity (Wildman–Crippen MR) is 113 cm³/mol. The third kappa shape index (κ3) is 11.1. The van der Waals surface area contributed by atoms with Gasteiger partial charge in [0, 0.05) is 13.0 Å². The van der Waals surface area contributed by atoms with Gasteiger partial charge >= 0.3 is 5.97 Å². The van der Waals surface area contributed by atoms with Crippen molar-refractivity contribution in [3.05, 3.63) is 0 Å². The van der Waals surface area contributed by atoms with Crippen LogP contribution in [0.15, 0.2) is 0 Å². The highest BCUT2D eigenvalue weighted by Gasteiger charge is 2.41. The predicted octanol–water partition coefficient (Wildman–Crippen LogP) is 5.61. The Morgan fingerprint density at radius 1 is 0.926 bits per heavy atom. The van der Waals surface area contributed by atoms with Crippen molar-refractivity contribution in [2.75, 3.05) is 13.2 Å². The molecule has 1 N–H and O–H groups in total. The quantitative estimate of drug-likeness (QED) is 0.496. The average Bonchev–Trinajstić information content (AvgIpc) is 2.32. The second kappa shape index (κ2) is 9.73. The second-order valence-corrected chi connectivity index (χ2v) is 11.6. The van der Waals surface area contributed by atoms with Gasteiger partial charge in [0.05, 0.1) is 18.1 Å². The van der Waals surface area contributed by atoms with Crippen molar-refractivity contribution in [1.82, 2.24) is 0 Å². The van der Waals surface area contributed by atoms with E-state index in [1.165, 1.54) is 0 Å². The highest BCUT2D eigenvalue weighted by atomic mass is 16.6. The molecule has 2 unspecified atom stereocenters. The largest absolute Gasteiger partial charge is 0.459 e. The van der Waals surface area contributed by atoms with Crippen LogP contribution in [-0.4, -0.2) is 35.5 Å². The highest BCUT2D eigenvalue weighted by molar-refractivity contribution is 5.74. The first-order valence-electron chi connectivity index (χ1n) is 10.4. The van der Waals surface area contributed by atoms with Gasteiger partial charge in [-0.05, 0) is 64.2 Å². The Bertz CT molecular complexity index is 452. The van der Waals surface area contributed by atoms with Crippen molar-refractivity contribution < 1.29 is 19.4 Å². The number of ether oxygens (including phenoxy) is 2. The Labute approximate surface area is 168 Å². The molecule has 0 rings (SSSR count). The van der Waals surface area contributed by atoms with E-state index in [0.717, 1.165) is 12.8 Å². The summed E-state index contributed by atoms with van der Waals surface area (Å²) in [5, 5.41) is 9.31. The van der Waals surface area contributed by atoms with E-state index < -0.39 is 5.60 Å². The Morgan fingerprint density at radius 3 is 1.85 bits per heavy atom. The van der Waals surface area contributed by atoms with Gasteiger partial charge in [-0.2, -0.15) is 0 Å². The van der Waals surface area contributed by atoms with Crippen LogP contribution < -0.4 is 0 Å². The van der Waals surface area contributed by atoms with E-state index in [0.29, 0.717) is 13.0 Å². The van der Waals surface area contributed by atoms with Crippen molar-refractivity contribution >= 4 is 5.97 Å². The molecule has 0 aromatic carbocycles. The lowest BCUT2D eigenvalue weighted by Crippen LogP contribution is -2.41. The van der Waals surface area contributed by atoms with Crippen LogP contribution in [0.2, 0.25) is 0 Å². The van der Waals surface area contributed by atoms with E-state index >= 15 is 0 Å². The summed E-state index contributed by atoms with van der Waals surface area (Å²) in [6.07, 6.45) is 2.27. The molecule has 0 aromatic rings. The summed E-state index contributed by atoms with van der Waals surface area (Å²) in [7, 11) is 0. The molecule has 0 aliphatic rings. The molecular formula is C23H46O4. The van der Waals surface area contributed by atoms with Gasteiger partial charge < -0.3 is 14.6 Å². The van der Waals surface area contributed by atoms with Gasteiger partial charge in [-0.25, -0.2) is 0 Å². The molecule has 0 aliphatic heterocycles. The van der Waals surface area contributed by atoms with Crippen LogP contribution in [0.4, 0.5) is 0 Å². The van der Waals surface area contributed by atoms with Gasteiger partial charge in [0.15, 0.2) is 0 Å². The summed E-state index contributed by atoms with van der Waals surface area (Å²) < 4.78 is 11.8. The van der Waals surface area contributed by atoms with E-state index in [9.17, 15) is 9.90 Å². The number of carbonyl (C=O) groups is 1. The van der Waals surface area contributed by atoms with E-state index in [-0.39, 0.29) is 40.8 Å². The highest BCUT2D eigenvalue weighted by Crippen LogP contribution is 2.40. The molecule has 0 heterocycles. The zero-order chi connectivity index (χ0) is 21.7. The first kappa shape index (κ1) is 26.4. The molecule has 0 aliphatic carbocycles. The summed E-state index contributed by atoms with van der Waals surface area (Å²) in [4.78, 5) is 13.1. The van der Waals surface area contributed by atoms with Gasteiger partial charge in [-0.15, -0.1) is 0 Å². The summed E-state index contributed by atoms with van der Waals surface area (Å²) in [5.41, 5.74) is -0.954. The van der Waals surface area contributed by atoms with Crippen molar-refractivity contribution in [2.24, 2.45) is 22.7 Å². The molecule has 4 heteroatoms. The van der Waals surface area contributed by atoms with Crippen LogP contribution in [0, 0.1) is 22.7 Å². The Morgan fingerprint density at radius 2 is 1.44 bits per heavy atom. The zero-order valence-corrected chi connectivity index (χ0v) is 19.9. The topological polar surface area (TPSA) is 55.8 Å². The molecule has 0 radical (unpaired) electrons. The van der Waals surface area contributed by atoms with E-state index in [2.05, 4.69) is 41.5 Å². The summed E-state index contributed by atoms with van der Waals surface area (Å²) in [5.74, 6) is -0.158. The van der Waals surface area contributed by atoms with Crippen molar-refractivity contribution in [3.63, 3.8) is 0 Å². The average molecular weight is 387 g/mol. The molecule has 0 fully saturated rings. The summed E-state index contributed by atoms with van der Waals surface area (Å²) in [6, 6.07) is 0. The molecule has 0 aromatic heterocycles. The molecule has 0 saturated heterocycles. The number of esters is 1. The third-order valence-electron chi connectivity index (χ3n) is 5.04. The van der Waals surface area contributed by atoms with Gasteiger partial charge in [-0.1, -0.05) is 41.5 Å². The Hall–Kier alpha value is -0.610. The first-order valence-corrected chi connectivity index (χ1v) is 10.4. The van der Waals surface area contributed by atoms with Crippen LogP contribution in [0.25, 0.3) is 0 Å². The third-order valence-corrected chi connectivity index (χ3v) is 5.04. The number of aliphatic hydroxyl groups is 1. The van der Waals surface area contributed by atoms with Crippen LogP contribution in [0.1, 0.15) is 95.4 Å². The molecule has 27 heavy (non-hydrogen) atoms. The first-order chi connectivity index (χ1) is 11.9. The maximum atomic E-state index is 13.1. The van der Waals surface area contributed by atoms with Crippen molar-refractivity contribution in [1.29, 1.82) is 0 Å². The molecule has 162 valence electrons. The minimum Gasteiger partial charge on any atom is -0.459 e. The van der Waals surface area contributed by atoms with Crippen LogP contribution in [-0.2, 0) is 14.3 Å². The lowest BCUT2D eigenvalue weighted by Gasteiger charge is -2.39. The second-order valence-electron chi connectivity index (χ2n) is 11.6. The number of hydrogen-bond donors (Lipinski definition) is 1. The summed E-state index contributed by atoms with van der Waals surface area (Å²) >= 11 is 0. The van der Waals surface area contributed by atoms with Crippen LogP contribution >= 0.6 is 0 Å². The molecule has 2 atom stereocenters. The summed E-state index contributed by atoms with van der Waals surface area (Å²) in [6.45, 7) is 23.5. The van der Waals surface area contributed by atoms with Crippen molar-refractivity contribution in [3.8, 4) is 0 Å². The number of rotatable bonds is 10. The maximum absolute atomic E-state index is 13.1. The number of carbonyl (C=O) groups excluding carboxylic acids is 1. The zero-order valence-electron chi connectivity index (χ0n) is 19.9. The normalized spacial score (nSPS) is 16.1. The fraction of sp³-hybridized carbons (Fsp3) is 0.957. The molecule has 0 bridgehead atoms. The van der Waals surface area contributed by atoms with E-state index in [1.807, 2.05) is 34.6 Å². The Kier molecular flexibility index (Phi) is 9.51. The van der Waals surface area contributed by atoms with Gasteiger partial charge in [0.25, 0.3) is 0 Å². The molecule has 0 amide bonds. The molecule has 0 saturated carbocycles. The monoisotopic (exact) mass is 386 g/mol. The smallest absolute Gasteiger partial charge is 0.310 e. The minimum absolute atomic E-state index is 0.00594. The molecular weight excluding hydrogens is 340 g/mol. The van der Waals surface area contributed by atoms with E-state index in [1.54, 1.807) is 0 Å². The molecule has 4 nitrogen and oxygen atoms in total. The number of aliphatic hydroxyl groups excluding tert-OH is 1. The van der Waals surface area contributed by atoms with Crippen molar-refractivity contribution in [2.45, 2.75) is 107 Å². The molecule has 0 spiro atoms. The lowest BCUT2D eigenvalue weighted by atomic mass is 9.68. The Balaban J connectivity index is 5.12. The van der Waals surface area contributed by atoms with Gasteiger partial charge in [-0.3, -0.25) is 4.79 Å². The maximum Gasteiger partial charge on any atom is 0.310 e. The SMILES string of the molecule is CC(CC(C)(C)CCO)C(C(=O)OC(C)(C)CCOC(C)(C)C)C(C)(C)C. The number of hydrogen-bond acceptors (Lipinski definition) is 4. The lowest BCUT2D eigenvalue weighted by molar-refractivity contribution is -0.171. The van der Waals surface area contributed by atoms with Gasteiger partial charge in [0.2, 0.25) is 0 Å². The minimum atomic E-state index is -0.563.